The second kappa shape index (κ2) is 6.46. The number of nitrogens with one attached hydrogen (secondary N) is 1. The van der Waals surface area contributed by atoms with Crippen LogP contribution in [0.3, 0.4) is 0 Å². The third-order valence-corrected chi connectivity index (χ3v) is 2.58. The molecule has 0 radical (unpaired) electrons. The summed E-state index contributed by atoms with van der Waals surface area (Å²) in [6.07, 6.45) is 2.64. The SMILES string of the molecule is COC(=O)/C(C#N)=C1\NC=C(C(=O)OC(C)(C)C)C=C1Cl. The summed E-state index contributed by atoms with van der Waals surface area (Å²) in [5.74, 6) is -1.38. The van der Waals surface area contributed by atoms with Gasteiger partial charge in [0.1, 0.15) is 11.7 Å². The first kappa shape index (κ1) is 16.8. The van der Waals surface area contributed by atoms with E-state index in [1.165, 1.54) is 12.3 Å². The Morgan fingerprint density at radius 1 is 1.38 bits per heavy atom. The number of esters is 2. The van der Waals surface area contributed by atoms with Crippen LogP contribution in [-0.4, -0.2) is 24.6 Å². The monoisotopic (exact) mass is 310 g/mol. The van der Waals surface area contributed by atoms with Crippen molar-refractivity contribution in [2.24, 2.45) is 0 Å². The second-order valence-corrected chi connectivity index (χ2v) is 5.50. The van der Waals surface area contributed by atoms with Gasteiger partial charge in [-0.05, 0) is 26.8 Å². The minimum atomic E-state index is -0.819. The molecule has 0 aliphatic carbocycles. The van der Waals surface area contributed by atoms with Crippen LogP contribution in [0.4, 0.5) is 0 Å². The van der Waals surface area contributed by atoms with Crippen LogP contribution in [0.15, 0.2) is 34.2 Å². The highest BCUT2D eigenvalue weighted by atomic mass is 35.5. The van der Waals surface area contributed by atoms with E-state index in [1.807, 2.05) is 0 Å². The maximum Gasteiger partial charge on any atom is 0.350 e. The smallest absolute Gasteiger partial charge is 0.350 e. The van der Waals surface area contributed by atoms with E-state index in [0.717, 1.165) is 7.11 Å². The Labute approximate surface area is 127 Å². The van der Waals surface area contributed by atoms with Gasteiger partial charge in [0.05, 0.1) is 23.4 Å². The van der Waals surface area contributed by atoms with Gasteiger partial charge in [0.25, 0.3) is 0 Å². The van der Waals surface area contributed by atoms with Crippen LogP contribution in [-0.2, 0) is 19.1 Å². The molecule has 0 aromatic heterocycles. The van der Waals surface area contributed by atoms with Crippen molar-refractivity contribution in [3.63, 3.8) is 0 Å². The first-order valence-electron chi connectivity index (χ1n) is 6.00. The predicted molar refractivity (Wildman–Crippen MR) is 75.7 cm³/mol. The van der Waals surface area contributed by atoms with E-state index in [2.05, 4.69) is 10.1 Å². The van der Waals surface area contributed by atoms with Crippen molar-refractivity contribution in [3.8, 4) is 6.07 Å². The summed E-state index contributed by atoms with van der Waals surface area (Å²) in [5.41, 5.74) is -0.657. The molecule has 0 aromatic rings. The van der Waals surface area contributed by atoms with Crippen molar-refractivity contribution in [2.75, 3.05) is 7.11 Å². The molecular weight excluding hydrogens is 296 g/mol. The topological polar surface area (TPSA) is 88.4 Å². The molecule has 0 aromatic carbocycles. The maximum absolute atomic E-state index is 11.9. The highest BCUT2D eigenvalue weighted by Crippen LogP contribution is 2.24. The highest BCUT2D eigenvalue weighted by Gasteiger charge is 2.24. The van der Waals surface area contributed by atoms with Crippen molar-refractivity contribution in [1.82, 2.24) is 5.32 Å². The Morgan fingerprint density at radius 2 is 2.00 bits per heavy atom. The number of nitriles is 1. The van der Waals surface area contributed by atoms with Gasteiger partial charge in [-0.25, -0.2) is 9.59 Å². The quantitative estimate of drug-likeness (QED) is 0.476. The maximum atomic E-state index is 11.9. The number of halogens is 1. The van der Waals surface area contributed by atoms with E-state index >= 15 is 0 Å². The number of dihydropyridines is 1. The molecule has 1 heterocycles. The number of hydrogen-bond donors (Lipinski definition) is 1. The average molecular weight is 311 g/mol. The molecule has 0 amide bonds. The Bertz CT molecular complexity index is 603. The fourth-order valence-corrected chi connectivity index (χ4v) is 1.69. The van der Waals surface area contributed by atoms with Crippen molar-refractivity contribution in [3.05, 3.63) is 34.2 Å². The summed E-state index contributed by atoms with van der Waals surface area (Å²) < 4.78 is 9.68. The Balaban J connectivity index is 3.05. The lowest BCUT2D eigenvalue weighted by Crippen LogP contribution is -2.27. The number of ether oxygens (including phenoxy) is 2. The molecule has 1 N–H and O–H groups in total. The van der Waals surface area contributed by atoms with Crippen LogP contribution < -0.4 is 5.32 Å². The van der Waals surface area contributed by atoms with Crippen molar-refractivity contribution in [1.29, 1.82) is 5.26 Å². The van der Waals surface area contributed by atoms with Gasteiger partial charge < -0.3 is 14.8 Å². The lowest BCUT2D eigenvalue weighted by Gasteiger charge is -2.21. The van der Waals surface area contributed by atoms with E-state index in [4.69, 9.17) is 21.6 Å². The number of hydrogen-bond acceptors (Lipinski definition) is 6. The number of rotatable bonds is 2. The van der Waals surface area contributed by atoms with Gasteiger partial charge in [0.15, 0.2) is 5.57 Å². The second-order valence-electron chi connectivity index (χ2n) is 5.09. The summed E-state index contributed by atoms with van der Waals surface area (Å²) in [7, 11) is 1.16. The van der Waals surface area contributed by atoms with Gasteiger partial charge in [0.2, 0.25) is 0 Å². The standard InChI is InChI=1S/C14H15ClN2O4/c1-14(2,3)21-12(18)8-5-10(15)11(17-7-8)9(6-16)13(19)20-4/h5,7,17H,1-4H3/b11-9-. The minimum absolute atomic E-state index is 0.0420. The molecular formula is C14H15ClN2O4. The van der Waals surface area contributed by atoms with Crippen LogP contribution in [0, 0.1) is 11.3 Å². The average Bonchev–Trinajstić information content (AvgIpc) is 2.38. The van der Waals surface area contributed by atoms with Crippen LogP contribution in [0.1, 0.15) is 20.8 Å². The molecule has 0 bridgehead atoms. The van der Waals surface area contributed by atoms with Gasteiger partial charge in [-0.1, -0.05) is 11.6 Å². The van der Waals surface area contributed by atoms with Crippen LogP contribution in [0.5, 0.6) is 0 Å². The lowest BCUT2D eigenvalue weighted by molar-refractivity contribution is -0.149. The Morgan fingerprint density at radius 3 is 2.43 bits per heavy atom. The van der Waals surface area contributed by atoms with E-state index in [9.17, 15) is 9.59 Å². The highest BCUT2D eigenvalue weighted by molar-refractivity contribution is 6.33. The Hall–Kier alpha value is -2.26. The van der Waals surface area contributed by atoms with Crippen LogP contribution in [0.2, 0.25) is 0 Å². The van der Waals surface area contributed by atoms with E-state index in [-0.39, 0.29) is 21.9 Å². The number of methoxy groups -OCH3 is 1. The van der Waals surface area contributed by atoms with Crippen molar-refractivity contribution in [2.45, 2.75) is 26.4 Å². The summed E-state index contributed by atoms with van der Waals surface area (Å²) in [6.45, 7) is 5.22. The molecule has 0 saturated carbocycles. The molecule has 7 heteroatoms. The Kier molecular flexibility index (Phi) is 5.17. The molecule has 1 aliphatic heterocycles. The normalized spacial score (nSPS) is 16.8. The van der Waals surface area contributed by atoms with Gasteiger partial charge in [-0.3, -0.25) is 0 Å². The van der Waals surface area contributed by atoms with Gasteiger partial charge in [0, 0.05) is 6.20 Å². The van der Waals surface area contributed by atoms with E-state index in [1.54, 1.807) is 26.8 Å². The lowest BCUT2D eigenvalue weighted by atomic mass is 10.1. The minimum Gasteiger partial charge on any atom is -0.465 e. The summed E-state index contributed by atoms with van der Waals surface area (Å²) >= 11 is 6.00. The van der Waals surface area contributed by atoms with Gasteiger partial charge in [-0.2, -0.15) is 5.26 Å². The first-order valence-corrected chi connectivity index (χ1v) is 6.37. The molecule has 21 heavy (non-hydrogen) atoms. The van der Waals surface area contributed by atoms with E-state index in [0.29, 0.717) is 0 Å². The zero-order chi connectivity index (χ0) is 16.2. The third-order valence-electron chi connectivity index (χ3n) is 2.28. The third kappa shape index (κ3) is 4.36. The molecule has 0 spiro atoms. The molecule has 6 nitrogen and oxygen atoms in total. The summed E-state index contributed by atoms with van der Waals surface area (Å²) in [5, 5.41) is 11.7. The van der Waals surface area contributed by atoms with Crippen LogP contribution in [0.25, 0.3) is 0 Å². The molecule has 112 valence electrons. The van der Waals surface area contributed by atoms with Crippen molar-refractivity contribution >= 4 is 23.5 Å². The fraction of sp³-hybridized carbons (Fsp3) is 0.357. The first-order chi connectivity index (χ1) is 9.69. The zero-order valence-electron chi connectivity index (χ0n) is 12.1. The molecule has 1 rings (SSSR count). The molecule has 0 saturated heterocycles. The fourth-order valence-electron chi connectivity index (χ4n) is 1.42. The number of allylic oxidation sites excluding steroid dienone is 1. The molecule has 0 unspecified atom stereocenters. The molecule has 0 atom stereocenters. The number of carbonyl (C=O) groups excluding carboxylic acids is 2. The zero-order valence-corrected chi connectivity index (χ0v) is 12.9. The largest absolute Gasteiger partial charge is 0.465 e. The van der Waals surface area contributed by atoms with Crippen molar-refractivity contribution < 1.29 is 19.1 Å². The molecule has 1 aliphatic rings. The molecule has 0 fully saturated rings. The number of nitrogens with zero attached hydrogens (tertiary/aromatic N) is 1. The summed E-state index contributed by atoms with van der Waals surface area (Å²) in [6, 6.07) is 1.71. The van der Waals surface area contributed by atoms with Gasteiger partial charge >= 0.3 is 11.9 Å². The van der Waals surface area contributed by atoms with Crippen LogP contribution >= 0.6 is 11.6 Å². The summed E-state index contributed by atoms with van der Waals surface area (Å²) in [4.78, 5) is 23.3. The van der Waals surface area contributed by atoms with Gasteiger partial charge in [-0.15, -0.1) is 0 Å². The number of carbonyl (C=O) groups is 2. The predicted octanol–water partition coefficient (Wildman–Crippen LogP) is 1.89. The van der Waals surface area contributed by atoms with E-state index < -0.39 is 17.5 Å².